The number of benzene rings is 1. The number of aryl methyl sites for hydroxylation is 1. The van der Waals surface area contributed by atoms with Gasteiger partial charge in [0.15, 0.2) is 6.29 Å². The Bertz CT molecular complexity index is 587. The van der Waals surface area contributed by atoms with E-state index in [4.69, 9.17) is 11.6 Å². The maximum atomic E-state index is 10.7. The van der Waals surface area contributed by atoms with Crippen LogP contribution in [0.4, 0.5) is 0 Å². The molecule has 1 heterocycles. The molecule has 94 valence electrons. The van der Waals surface area contributed by atoms with Crippen LogP contribution in [0.5, 0.6) is 0 Å². The minimum atomic E-state index is 0.321. The van der Waals surface area contributed by atoms with Gasteiger partial charge in [-0.25, -0.2) is 0 Å². The first-order valence-corrected chi connectivity index (χ1v) is 6.21. The Hall–Kier alpha value is -1.61. The summed E-state index contributed by atoms with van der Waals surface area (Å²) < 4.78 is 1.92. The topological polar surface area (TPSA) is 34.9 Å². The van der Waals surface area contributed by atoms with E-state index in [0.29, 0.717) is 16.6 Å². The predicted molar refractivity (Wildman–Crippen MR) is 73.2 cm³/mol. The molecule has 0 aliphatic rings. The lowest BCUT2D eigenvalue weighted by atomic mass is 10.1. The van der Waals surface area contributed by atoms with Crippen LogP contribution in [0, 0.1) is 6.92 Å². The Morgan fingerprint density at radius 2 is 2.11 bits per heavy atom. The van der Waals surface area contributed by atoms with Crippen LogP contribution in [-0.4, -0.2) is 16.1 Å². The van der Waals surface area contributed by atoms with E-state index >= 15 is 0 Å². The molecule has 2 rings (SSSR count). The highest BCUT2D eigenvalue weighted by molar-refractivity contribution is 6.33. The quantitative estimate of drug-likeness (QED) is 0.786. The van der Waals surface area contributed by atoms with E-state index in [2.05, 4.69) is 18.9 Å². The Morgan fingerprint density at radius 1 is 1.39 bits per heavy atom. The second-order valence-corrected chi connectivity index (χ2v) is 4.96. The van der Waals surface area contributed by atoms with Gasteiger partial charge in [-0.3, -0.25) is 9.48 Å². The molecule has 0 saturated heterocycles. The van der Waals surface area contributed by atoms with Crippen molar-refractivity contribution in [2.24, 2.45) is 0 Å². The SMILES string of the molecule is Cc1nn(C(C)C)cc1-c1ccc(C=O)c(Cl)c1. The van der Waals surface area contributed by atoms with Gasteiger partial charge in [0.25, 0.3) is 0 Å². The highest BCUT2D eigenvalue weighted by Crippen LogP contribution is 2.27. The van der Waals surface area contributed by atoms with Gasteiger partial charge in [0.1, 0.15) is 0 Å². The average molecular weight is 263 g/mol. The number of hydrogen-bond donors (Lipinski definition) is 0. The highest BCUT2D eigenvalue weighted by Gasteiger charge is 2.10. The highest BCUT2D eigenvalue weighted by atomic mass is 35.5. The third-order valence-electron chi connectivity index (χ3n) is 2.88. The van der Waals surface area contributed by atoms with Gasteiger partial charge in [0, 0.05) is 23.4 Å². The van der Waals surface area contributed by atoms with Crippen molar-refractivity contribution in [1.82, 2.24) is 9.78 Å². The molecular formula is C14H15ClN2O. The predicted octanol–water partition coefficient (Wildman–Crippen LogP) is 3.91. The van der Waals surface area contributed by atoms with Gasteiger partial charge < -0.3 is 0 Å². The summed E-state index contributed by atoms with van der Waals surface area (Å²) in [6.45, 7) is 6.13. The minimum absolute atomic E-state index is 0.321. The first-order chi connectivity index (χ1) is 8.52. The molecule has 1 aromatic heterocycles. The molecule has 3 nitrogen and oxygen atoms in total. The second kappa shape index (κ2) is 4.94. The molecule has 0 amide bonds. The van der Waals surface area contributed by atoms with Gasteiger partial charge in [-0.1, -0.05) is 17.7 Å². The molecule has 0 aliphatic carbocycles. The smallest absolute Gasteiger partial charge is 0.151 e. The number of aromatic nitrogens is 2. The van der Waals surface area contributed by atoms with Crippen molar-refractivity contribution < 1.29 is 4.79 Å². The number of nitrogens with zero attached hydrogens (tertiary/aromatic N) is 2. The largest absolute Gasteiger partial charge is 0.298 e. The van der Waals surface area contributed by atoms with E-state index in [-0.39, 0.29) is 0 Å². The first-order valence-electron chi connectivity index (χ1n) is 5.83. The van der Waals surface area contributed by atoms with Crippen LogP contribution >= 0.6 is 11.6 Å². The molecule has 18 heavy (non-hydrogen) atoms. The summed E-state index contributed by atoms with van der Waals surface area (Å²) in [5.41, 5.74) is 3.49. The van der Waals surface area contributed by atoms with Crippen LogP contribution in [0.25, 0.3) is 11.1 Å². The molecule has 0 radical (unpaired) electrons. The minimum Gasteiger partial charge on any atom is -0.298 e. The summed E-state index contributed by atoms with van der Waals surface area (Å²) in [6, 6.07) is 5.75. The van der Waals surface area contributed by atoms with Crippen molar-refractivity contribution in [3.8, 4) is 11.1 Å². The number of hydrogen-bond acceptors (Lipinski definition) is 2. The van der Waals surface area contributed by atoms with Gasteiger partial charge >= 0.3 is 0 Å². The lowest BCUT2D eigenvalue weighted by Crippen LogP contribution is -2.00. The molecule has 0 spiro atoms. The first kappa shape index (κ1) is 12.8. The van der Waals surface area contributed by atoms with E-state index in [0.717, 1.165) is 23.1 Å². The number of aldehydes is 1. The number of carbonyl (C=O) groups is 1. The third-order valence-corrected chi connectivity index (χ3v) is 3.21. The standard InChI is InChI=1S/C14H15ClN2O/c1-9(2)17-7-13(10(3)16-17)11-4-5-12(8-18)14(15)6-11/h4-9H,1-3H3. The molecule has 1 aromatic carbocycles. The summed E-state index contributed by atoms with van der Waals surface area (Å²) in [4.78, 5) is 10.7. The van der Waals surface area contributed by atoms with Gasteiger partial charge in [-0.2, -0.15) is 5.10 Å². The number of rotatable bonds is 3. The van der Waals surface area contributed by atoms with Crippen molar-refractivity contribution >= 4 is 17.9 Å². The van der Waals surface area contributed by atoms with Gasteiger partial charge in [-0.05, 0) is 38.5 Å². The van der Waals surface area contributed by atoms with Crippen molar-refractivity contribution in [1.29, 1.82) is 0 Å². The van der Waals surface area contributed by atoms with Gasteiger partial charge in [0.05, 0.1) is 10.7 Å². The maximum absolute atomic E-state index is 10.7. The van der Waals surface area contributed by atoms with Gasteiger partial charge in [-0.15, -0.1) is 0 Å². The normalized spacial score (nSPS) is 10.9. The lowest BCUT2D eigenvalue weighted by molar-refractivity contribution is 0.112. The summed E-state index contributed by atoms with van der Waals surface area (Å²) in [5.74, 6) is 0. The van der Waals surface area contributed by atoms with Crippen LogP contribution in [-0.2, 0) is 0 Å². The van der Waals surface area contributed by atoms with Gasteiger partial charge in [0.2, 0.25) is 0 Å². The van der Waals surface area contributed by atoms with E-state index in [1.807, 2.05) is 23.9 Å². The van der Waals surface area contributed by atoms with Crippen LogP contribution < -0.4 is 0 Å². The fraction of sp³-hybridized carbons (Fsp3) is 0.286. The number of carbonyl (C=O) groups excluding carboxylic acids is 1. The lowest BCUT2D eigenvalue weighted by Gasteiger charge is -2.03. The fourth-order valence-electron chi connectivity index (χ4n) is 1.82. The second-order valence-electron chi connectivity index (χ2n) is 4.56. The Balaban J connectivity index is 2.48. The zero-order chi connectivity index (χ0) is 13.3. The Labute approximate surface area is 111 Å². The fourth-order valence-corrected chi connectivity index (χ4v) is 2.04. The average Bonchev–Trinajstić information content (AvgIpc) is 2.71. The molecule has 2 aromatic rings. The molecule has 0 N–H and O–H groups in total. The Morgan fingerprint density at radius 3 is 2.61 bits per heavy atom. The van der Waals surface area contributed by atoms with E-state index in [1.54, 1.807) is 12.1 Å². The van der Waals surface area contributed by atoms with Crippen LogP contribution in [0.2, 0.25) is 5.02 Å². The zero-order valence-corrected chi connectivity index (χ0v) is 11.4. The van der Waals surface area contributed by atoms with Crippen LogP contribution in [0.15, 0.2) is 24.4 Å². The summed E-state index contributed by atoms with van der Waals surface area (Å²) in [6.07, 6.45) is 2.77. The van der Waals surface area contributed by atoms with E-state index < -0.39 is 0 Å². The summed E-state index contributed by atoms with van der Waals surface area (Å²) >= 11 is 6.04. The van der Waals surface area contributed by atoms with Crippen molar-refractivity contribution in [2.75, 3.05) is 0 Å². The van der Waals surface area contributed by atoms with E-state index in [1.165, 1.54) is 0 Å². The molecule has 0 bridgehead atoms. The molecule has 4 heteroatoms. The molecule has 0 aliphatic heterocycles. The van der Waals surface area contributed by atoms with Crippen molar-refractivity contribution in [3.63, 3.8) is 0 Å². The Kier molecular flexibility index (Phi) is 3.53. The third kappa shape index (κ3) is 2.31. The van der Waals surface area contributed by atoms with Crippen molar-refractivity contribution in [3.05, 3.63) is 40.7 Å². The van der Waals surface area contributed by atoms with Crippen LogP contribution in [0.1, 0.15) is 35.9 Å². The number of halogens is 1. The monoisotopic (exact) mass is 262 g/mol. The molecule has 0 fully saturated rings. The maximum Gasteiger partial charge on any atom is 0.151 e. The molecule has 0 unspecified atom stereocenters. The molecular weight excluding hydrogens is 248 g/mol. The summed E-state index contributed by atoms with van der Waals surface area (Å²) in [5, 5.41) is 4.93. The van der Waals surface area contributed by atoms with Crippen molar-refractivity contribution in [2.45, 2.75) is 26.8 Å². The zero-order valence-electron chi connectivity index (χ0n) is 10.6. The molecule has 0 atom stereocenters. The van der Waals surface area contributed by atoms with E-state index in [9.17, 15) is 4.79 Å². The summed E-state index contributed by atoms with van der Waals surface area (Å²) in [7, 11) is 0. The van der Waals surface area contributed by atoms with Crippen LogP contribution in [0.3, 0.4) is 0 Å². The molecule has 0 saturated carbocycles.